The van der Waals surface area contributed by atoms with Gasteiger partial charge in [-0.3, -0.25) is 4.79 Å². The van der Waals surface area contributed by atoms with E-state index in [1.807, 2.05) is 37.4 Å². The Morgan fingerprint density at radius 2 is 2.10 bits per heavy atom. The lowest BCUT2D eigenvalue weighted by Gasteiger charge is -2.12. The van der Waals surface area contributed by atoms with Crippen LogP contribution in [-0.2, 0) is 0 Å². The van der Waals surface area contributed by atoms with E-state index < -0.39 is 0 Å². The van der Waals surface area contributed by atoms with Gasteiger partial charge in [0.05, 0.1) is 6.04 Å². The molecule has 2 aromatic heterocycles. The van der Waals surface area contributed by atoms with E-state index in [1.165, 1.54) is 9.75 Å². The van der Waals surface area contributed by atoms with Gasteiger partial charge in [0.1, 0.15) is 0 Å². The van der Waals surface area contributed by atoms with Crippen LogP contribution in [0.25, 0.3) is 10.9 Å². The highest BCUT2D eigenvalue weighted by molar-refractivity contribution is 7.12. The summed E-state index contributed by atoms with van der Waals surface area (Å²) < 4.78 is 0. The fraction of sp³-hybridized carbons (Fsp3) is 0.188. The molecule has 0 saturated heterocycles. The van der Waals surface area contributed by atoms with Gasteiger partial charge in [-0.25, -0.2) is 0 Å². The summed E-state index contributed by atoms with van der Waals surface area (Å²) in [7, 11) is 0. The molecule has 1 unspecified atom stereocenters. The molecule has 0 aliphatic carbocycles. The summed E-state index contributed by atoms with van der Waals surface area (Å²) in [5.41, 5.74) is 1.74. The van der Waals surface area contributed by atoms with Gasteiger partial charge in [-0.15, -0.1) is 11.3 Å². The number of hydrogen-bond acceptors (Lipinski definition) is 2. The molecule has 102 valence electrons. The molecule has 1 atom stereocenters. The van der Waals surface area contributed by atoms with E-state index >= 15 is 0 Å². The molecule has 1 amide bonds. The van der Waals surface area contributed by atoms with Crippen molar-refractivity contribution in [1.29, 1.82) is 0 Å². The smallest absolute Gasteiger partial charge is 0.251 e. The number of hydrogen-bond donors (Lipinski definition) is 2. The van der Waals surface area contributed by atoms with E-state index in [9.17, 15) is 4.79 Å². The number of H-pyrrole nitrogens is 1. The molecule has 2 heterocycles. The Balaban J connectivity index is 1.78. The number of carbonyl (C=O) groups is 1. The van der Waals surface area contributed by atoms with Crippen LogP contribution in [0, 0.1) is 6.92 Å². The van der Waals surface area contributed by atoms with Gasteiger partial charge in [0.15, 0.2) is 0 Å². The number of rotatable bonds is 3. The second-order valence-electron chi connectivity index (χ2n) is 4.92. The van der Waals surface area contributed by atoms with E-state index in [4.69, 9.17) is 0 Å². The van der Waals surface area contributed by atoms with Gasteiger partial charge in [0, 0.05) is 32.4 Å². The lowest BCUT2D eigenvalue weighted by molar-refractivity contribution is 0.0940. The Hall–Kier alpha value is -2.07. The first-order valence-electron chi connectivity index (χ1n) is 6.58. The predicted octanol–water partition coefficient (Wildman–Crippen LogP) is 4.03. The van der Waals surface area contributed by atoms with Crippen molar-refractivity contribution in [1.82, 2.24) is 10.3 Å². The minimum Gasteiger partial charge on any atom is -0.361 e. The van der Waals surface area contributed by atoms with Crippen LogP contribution in [-0.4, -0.2) is 10.9 Å². The van der Waals surface area contributed by atoms with Crippen LogP contribution in [0.4, 0.5) is 0 Å². The average Bonchev–Trinajstić information content (AvgIpc) is 3.05. The Morgan fingerprint density at radius 3 is 2.85 bits per heavy atom. The van der Waals surface area contributed by atoms with Crippen molar-refractivity contribution >= 4 is 28.1 Å². The third-order valence-corrected chi connectivity index (χ3v) is 4.53. The normalized spacial score (nSPS) is 12.5. The molecule has 0 saturated carbocycles. The molecule has 3 aromatic rings. The number of aryl methyl sites for hydroxylation is 1. The number of thiophene rings is 1. The molecule has 3 rings (SSSR count). The van der Waals surface area contributed by atoms with Crippen molar-refractivity contribution in [2.45, 2.75) is 19.9 Å². The quantitative estimate of drug-likeness (QED) is 0.749. The second-order valence-corrected chi connectivity index (χ2v) is 6.24. The molecule has 0 aliphatic heterocycles. The first kappa shape index (κ1) is 12.9. The average molecular weight is 284 g/mol. The summed E-state index contributed by atoms with van der Waals surface area (Å²) in [5.74, 6) is -0.0355. The van der Waals surface area contributed by atoms with Gasteiger partial charge in [-0.05, 0) is 50.2 Å². The Morgan fingerprint density at radius 1 is 1.25 bits per heavy atom. The van der Waals surface area contributed by atoms with Crippen LogP contribution in [0.3, 0.4) is 0 Å². The monoisotopic (exact) mass is 284 g/mol. The molecule has 1 aromatic carbocycles. The van der Waals surface area contributed by atoms with Crippen molar-refractivity contribution in [3.8, 4) is 0 Å². The lowest BCUT2D eigenvalue weighted by Crippen LogP contribution is -2.26. The summed E-state index contributed by atoms with van der Waals surface area (Å²) in [6, 6.07) is 11.8. The van der Waals surface area contributed by atoms with E-state index in [-0.39, 0.29) is 11.9 Å². The minimum atomic E-state index is -0.0355. The highest BCUT2D eigenvalue weighted by Gasteiger charge is 2.13. The van der Waals surface area contributed by atoms with Crippen molar-refractivity contribution < 1.29 is 4.79 Å². The van der Waals surface area contributed by atoms with Gasteiger partial charge in [0.25, 0.3) is 5.91 Å². The molecule has 0 spiro atoms. The van der Waals surface area contributed by atoms with E-state index in [2.05, 4.69) is 29.4 Å². The molecule has 0 aliphatic rings. The highest BCUT2D eigenvalue weighted by atomic mass is 32.1. The van der Waals surface area contributed by atoms with Crippen LogP contribution in [0.5, 0.6) is 0 Å². The van der Waals surface area contributed by atoms with Crippen LogP contribution in [0.15, 0.2) is 42.6 Å². The Kier molecular flexibility index (Phi) is 3.32. The summed E-state index contributed by atoms with van der Waals surface area (Å²) in [6.45, 7) is 4.08. The summed E-state index contributed by atoms with van der Waals surface area (Å²) in [6.07, 6.45) is 1.88. The first-order valence-corrected chi connectivity index (χ1v) is 7.39. The third kappa shape index (κ3) is 2.47. The first-order chi connectivity index (χ1) is 9.63. The molecule has 0 bridgehead atoms. The number of aromatic amines is 1. The fourth-order valence-corrected chi connectivity index (χ4v) is 3.11. The number of amides is 1. The van der Waals surface area contributed by atoms with Crippen molar-refractivity contribution in [3.63, 3.8) is 0 Å². The van der Waals surface area contributed by atoms with Crippen LogP contribution < -0.4 is 5.32 Å². The highest BCUT2D eigenvalue weighted by Crippen LogP contribution is 2.23. The van der Waals surface area contributed by atoms with Crippen molar-refractivity contribution in [2.75, 3.05) is 0 Å². The van der Waals surface area contributed by atoms with Crippen LogP contribution in [0.2, 0.25) is 0 Å². The molecule has 3 nitrogen and oxygen atoms in total. The second kappa shape index (κ2) is 5.13. The SMILES string of the molecule is Cc1ccc(C(C)NC(=O)c2ccc3[nH]ccc3c2)s1. The van der Waals surface area contributed by atoms with E-state index in [1.54, 1.807) is 11.3 Å². The maximum atomic E-state index is 12.3. The molecule has 0 fully saturated rings. The minimum absolute atomic E-state index is 0.0307. The van der Waals surface area contributed by atoms with Crippen molar-refractivity contribution in [3.05, 3.63) is 57.9 Å². The zero-order valence-electron chi connectivity index (χ0n) is 11.4. The number of benzene rings is 1. The van der Waals surface area contributed by atoms with Crippen molar-refractivity contribution in [2.24, 2.45) is 0 Å². The van der Waals surface area contributed by atoms with Gasteiger partial charge in [-0.1, -0.05) is 0 Å². The largest absolute Gasteiger partial charge is 0.361 e. The standard InChI is InChI=1S/C16H16N2OS/c1-10-3-6-15(20-10)11(2)18-16(19)13-4-5-14-12(9-13)7-8-17-14/h3-9,11,17H,1-2H3,(H,18,19). The summed E-state index contributed by atoms with van der Waals surface area (Å²) in [4.78, 5) is 17.8. The molecule has 4 heteroatoms. The molecule has 0 radical (unpaired) electrons. The summed E-state index contributed by atoms with van der Waals surface area (Å²) in [5, 5.41) is 4.10. The predicted molar refractivity (Wildman–Crippen MR) is 83.2 cm³/mol. The number of aromatic nitrogens is 1. The van der Waals surface area contributed by atoms with Gasteiger partial charge < -0.3 is 10.3 Å². The van der Waals surface area contributed by atoms with E-state index in [0.29, 0.717) is 5.56 Å². The molecule has 2 N–H and O–H groups in total. The third-order valence-electron chi connectivity index (χ3n) is 3.35. The topological polar surface area (TPSA) is 44.9 Å². The van der Waals surface area contributed by atoms with Gasteiger partial charge >= 0.3 is 0 Å². The maximum Gasteiger partial charge on any atom is 0.251 e. The van der Waals surface area contributed by atoms with Gasteiger partial charge in [-0.2, -0.15) is 0 Å². The van der Waals surface area contributed by atoms with E-state index in [0.717, 1.165) is 10.9 Å². The molecule has 20 heavy (non-hydrogen) atoms. The Labute approximate surface area is 121 Å². The zero-order valence-corrected chi connectivity index (χ0v) is 12.3. The number of carbonyl (C=O) groups excluding carboxylic acids is 1. The summed E-state index contributed by atoms with van der Waals surface area (Å²) >= 11 is 1.72. The Bertz CT molecular complexity index is 757. The van der Waals surface area contributed by atoms with Crippen LogP contribution in [0.1, 0.15) is 33.1 Å². The zero-order chi connectivity index (χ0) is 14.1. The molecular weight excluding hydrogens is 268 g/mol. The maximum absolute atomic E-state index is 12.3. The van der Waals surface area contributed by atoms with Gasteiger partial charge in [0.2, 0.25) is 0 Å². The fourth-order valence-electron chi connectivity index (χ4n) is 2.23. The van der Waals surface area contributed by atoms with Crippen LogP contribution >= 0.6 is 11.3 Å². The number of fused-ring (bicyclic) bond motifs is 1. The molecular formula is C16H16N2OS. The lowest BCUT2D eigenvalue weighted by atomic mass is 10.1. The number of nitrogens with one attached hydrogen (secondary N) is 2.